The van der Waals surface area contributed by atoms with Crippen LogP contribution in [0.3, 0.4) is 0 Å². The van der Waals surface area contributed by atoms with Gasteiger partial charge in [0.1, 0.15) is 5.76 Å². The summed E-state index contributed by atoms with van der Waals surface area (Å²) in [5.41, 5.74) is 0.899. The number of hydrogen-bond donors (Lipinski definition) is 1. The molecular weight excluding hydrogens is 224 g/mol. The Hall–Kier alpha value is -1.54. The van der Waals surface area contributed by atoms with E-state index in [-0.39, 0.29) is 0 Å². The van der Waals surface area contributed by atoms with Crippen molar-refractivity contribution in [3.8, 4) is 0 Å². The van der Waals surface area contributed by atoms with Gasteiger partial charge in [0.2, 0.25) is 0 Å². The molecule has 0 rings (SSSR count). The number of aliphatic hydroxyl groups is 1. The van der Waals surface area contributed by atoms with Gasteiger partial charge in [-0.25, -0.2) is 0 Å². The molecule has 0 spiro atoms. The second-order valence-electron chi connectivity index (χ2n) is 3.90. The van der Waals surface area contributed by atoms with E-state index in [4.69, 9.17) is 4.74 Å². The Labute approximate surface area is 111 Å². The van der Waals surface area contributed by atoms with E-state index in [0.29, 0.717) is 12.2 Å². The molecule has 0 fully saturated rings. The standard InChI is InChI=1S/C16H24O2/c1-5-7-8-9-10-11-16(17)14(3)12-13-15(6-2)18-4/h6-10,12-13,16-17H,2,5,11H2,1,3-4H3/b8-7-,10-9-,14-12+,15-13+. The van der Waals surface area contributed by atoms with Crippen LogP contribution in [0.25, 0.3) is 0 Å². The van der Waals surface area contributed by atoms with Crippen LogP contribution in [-0.2, 0) is 4.74 Å². The Kier molecular flexibility index (Phi) is 9.70. The first kappa shape index (κ1) is 16.5. The van der Waals surface area contributed by atoms with Crippen molar-refractivity contribution in [1.82, 2.24) is 0 Å². The van der Waals surface area contributed by atoms with Crippen molar-refractivity contribution in [3.63, 3.8) is 0 Å². The van der Waals surface area contributed by atoms with E-state index < -0.39 is 6.10 Å². The van der Waals surface area contributed by atoms with E-state index in [1.807, 2.05) is 31.2 Å². The van der Waals surface area contributed by atoms with Gasteiger partial charge >= 0.3 is 0 Å². The quantitative estimate of drug-likeness (QED) is 0.521. The second kappa shape index (κ2) is 10.6. The summed E-state index contributed by atoms with van der Waals surface area (Å²) >= 11 is 0. The molecule has 1 unspecified atom stereocenters. The predicted octanol–water partition coefficient (Wildman–Crippen LogP) is 3.92. The highest BCUT2D eigenvalue weighted by Crippen LogP contribution is 2.08. The summed E-state index contributed by atoms with van der Waals surface area (Å²) in [5, 5.41) is 9.89. The molecule has 0 aromatic carbocycles. The molecule has 0 heterocycles. The Morgan fingerprint density at radius 1 is 1.28 bits per heavy atom. The molecule has 0 saturated heterocycles. The van der Waals surface area contributed by atoms with Gasteiger partial charge in [-0.2, -0.15) is 0 Å². The van der Waals surface area contributed by atoms with E-state index in [0.717, 1.165) is 12.0 Å². The summed E-state index contributed by atoms with van der Waals surface area (Å²) in [5.74, 6) is 0.683. The molecule has 0 aromatic rings. The fourth-order valence-corrected chi connectivity index (χ4v) is 1.23. The average molecular weight is 248 g/mol. The van der Waals surface area contributed by atoms with Crippen LogP contribution >= 0.6 is 0 Å². The molecule has 100 valence electrons. The van der Waals surface area contributed by atoms with Gasteiger partial charge < -0.3 is 9.84 Å². The molecule has 0 amide bonds. The predicted molar refractivity (Wildman–Crippen MR) is 78.2 cm³/mol. The summed E-state index contributed by atoms with van der Waals surface area (Å²) in [4.78, 5) is 0. The topological polar surface area (TPSA) is 29.5 Å². The fraction of sp³-hybridized carbons (Fsp3) is 0.375. The van der Waals surface area contributed by atoms with Crippen LogP contribution in [0.5, 0.6) is 0 Å². The van der Waals surface area contributed by atoms with Crippen LogP contribution in [-0.4, -0.2) is 18.3 Å². The fourth-order valence-electron chi connectivity index (χ4n) is 1.23. The van der Waals surface area contributed by atoms with E-state index >= 15 is 0 Å². The highest BCUT2D eigenvalue weighted by Gasteiger charge is 2.02. The smallest absolute Gasteiger partial charge is 0.118 e. The van der Waals surface area contributed by atoms with Crippen LogP contribution in [0.4, 0.5) is 0 Å². The zero-order valence-corrected chi connectivity index (χ0v) is 11.6. The number of allylic oxidation sites excluding steroid dienone is 6. The Morgan fingerprint density at radius 3 is 2.50 bits per heavy atom. The number of methoxy groups -OCH3 is 1. The van der Waals surface area contributed by atoms with Crippen LogP contribution < -0.4 is 0 Å². The lowest BCUT2D eigenvalue weighted by atomic mass is 10.1. The molecule has 0 saturated carbocycles. The first-order chi connectivity index (χ1) is 8.65. The van der Waals surface area contributed by atoms with Crippen molar-refractivity contribution in [1.29, 1.82) is 0 Å². The average Bonchev–Trinajstić information content (AvgIpc) is 2.39. The first-order valence-corrected chi connectivity index (χ1v) is 6.20. The van der Waals surface area contributed by atoms with Crippen molar-refractivity contribution in [2.45, 2.75) is 32.8 Å². The van der Waals surface area contributed by atoms with Gasteiger partial charge in [0.05, 0.1) is 13.2 Å². The molecule has 0 radical (unpaired) electrons. The third kappa shape index (κ3) is 7.69. The number of rotatable bonds is 8. The highest BCUT2D eigenvalue weighted by molar-refractivity contribution is 5.21. The molecule has 0 bridgehead atoms. The third-order valence-electron chi connectivity index (χ3n) is 2.45. The highest BCUT2D eigenvalue weighted by atomic mass is 16.5. The van der Waals surface area contributed by atoms with E-state index in [1.54, 1.807) is 19.3 Å². The maximum Gasteiger partial charge on any atom is 0.118 e. The molecule has 0 aliphatic carbocycles. The maximum absolute atomic E-state index is 9.89. The molecule has 2 nitrogen and oxygen atoms in total. The summed E-state index contributed by atoms with van der Waals surface area (Å²) in [6, 6.07) is 0. The molecule has 1 atom stereocenters. The van der Waals surface area contributed by atoms with E-state index in [2.05, 4.69) is 19.6 Å². The molecule has 18 heavy (non-hydrogen) atoms. The maximum atomic E-state index is 9.89. The zero-order chi connectivity index (χ0) is 13.8. The third-order valence-corrected chi connectivity index (χ3v) is 2.45. The van der Waals surface area contributed by atoms with Crippen LogP contribution in [0, 0.1) is 0 Å². The minimum absolute atomic E-state index is 0.463. The Balaban J connectivity index is 4.33. The van der Waals surface area contributed by atoms with Gasteiger partial charge in [-0.15, -0.1) is 0 Å². The number of ether oxygens (including phenoxy) is 1. The summed E-state index contributed by atoms with van der Waals surface area (Å²) < 4.78 is 5.05. The lowest BCUT2D eigenvalue weighted by Gasteiger charge is -2.07. The summed E-state index contributed by atoms with van der Waals surface area (Å²) in [7, 11) is 1.59. The van der Waals surface area contributed by atoms with Crippen LogP contribution in [0.2, 0.25) is 0 Å². The minimum Gasteiger partial charge on any atom is -0.497 e. The van der Waals surface area contributed by atoms with Gasteiger partial charge in [0.15, 0.2) is 0 Å². The zero-order valence-electron chi connectivity index (χ0n) is 11.6. The van der Waals surface area contributed by atoms with Gasteiger partial charge in [-0.05, 0) is 37.5 Å². The molecule has 2 heteroatoms. The minimum atomic E-state index is -0.463. The van der Waals surface area contributed by atoms with Gasteiger partial charge in [0.25, 0.3) is 0 Å². The molecule has 0 aromatic heterocycles. The summed E-state index contributed by atoms with van der Waals surface area (Å²) in [6.07, 6.45) is 14.4. The van der Waals surface area contributed by atoms with E-state index in [9.17, 15) is 5.11 Å². The largest absolute Gasteiger partial charge is 0.497 e. The summed E-state index contributed by atoms with van der Waals surface area (Å²) in [6.45, 7) is 7.61. The number of aliphatic hydroxyl groups excluding tert-OH is 1. The van der Waals surface area contributed by atoms with Crippen molar-refractivity contribution < 1.29 is 9.84 Å². The van der Waals surface area contributed by atoms with Crippen molar-refractivity contribution in [2.24, 2.45) is 0 Å². The second-order valence-corrected chi connectivity index (χ2v) is 3.90. The SMILES string of the molecule is C=C/C(=C\C=C(/C)C(O)C/C=C\C=C/CC)OC. The van der Waals surface area contributed by atoms with Crippen molar-refractivity contribution >= 4 is 0 Å². The Morgan fingerprint density at radius 2 is 1.94 bits per heavy atom. The monoisotopic (exact) mass is 248 g/mol. The van der Waals surface area contributed by atoms with Crippen molar-refractivity contribution in [2.75, 3.05) is 7.11 Å². The van der Waals surface area contributed by atoms with Gasteiger partial charge in [-0.1, -0.05) is 43.9 Å². The van der Waals surface area contributed by atoms with Crippen LogP contribution in [0.15, 0.2) is 60.4 Å². The van der Waals surface area contributed by atoms with Crippen molar-refractivity contribution in [3.05, 3.63) is 60.4 Å². The first-order valence-electron chi connectivity index (χ1n) is 6.20. The molecule has 0 aliphatic heterocycles. The van der Waals surface area contributed by atoms with Gasteiger partial charge in [-0.3, -0.25) is 0 Å². The molecular formula is C16H24O2. The van der Waals surface area contributed by atoms with Crippen LogP contribution in [0.1, 0.15) is 26.7 Å². The van der Waals surface area contributed by atoms with Gasteiger partial charge in [0, 0.05) is 0 Å². The molecule has 0 aliphatic rings. The Bertz CT molecular complexity index is 346. The number of hydrogen-bond acceptors (Lipinski definition) is 2. The lowest BCUT2D eigenvalue weighted by Crippen LogP contribution is -2.06. The molecule has 1 N–H and O–H groups in total. The van der Waals surface area contributed by atoms with E-state index in [1.165, 1.54) is 0 Å². The normalized spacial score (nSPS) is 15.3. The lowest BCUT2D eigenvalue weighted by molar-refractivity contribution is 0.214.